The number of nitrogens with one attached hydrogen (secondary N) is 1. The van der Waals surface area contributed by atoms with Crippen LogP contribution in [-0.2, 0) is 0 Å². The van der Waals surface area contributed by atoms with Gasteiger partial charge in [-0.15, -0.1) is 0 Å². The van der Waals surface area contributed by atoms with Crippen LogP contribution in [0.3, 0.4) is 0 Å². The van der Waals surface area contributed by atoms with Gasteiger partial charge in [-0.1, -0.05) is 18.2 Å². The van der Waals surface area contributed by atoms with Gasteiger partial charge in [0.1, 0.15) is 5.75 Å². The number of ether oxygens (including phenoxy) is 1. The molecule has 3 nitrogen and oxygen atoms in total. The van der Waals surface area contributed by atoms with Gasteiger partial charge in [0, 0.05) is 18.3 Å². The molecule has 2 rings (SSSR count). The minimum absolute atomic E-state index is 0.284. The Balaban J connectivity index is 2.22. The molecule has 0 radical (unpaired) electrons. The molecule has 1 heterocycles. The van der Waals surface area contributed by atoms with Gasteiger partial charge in [-0.2, -0.15) is 0 Å². The lowest BCUT2D eigenvalue weighted by molar-refractivity contribution is 0.457. The molecule has 0 saturated heterocycles. The van der Waals surface area contributed by atoms with Gasteiger partial charge in [-0.05, 0) is 44.2 Å². The third-order valence-corrected chi connectivity index (χ3v) is 3.00. The average Bonchev–Trinajstić information content (AvgIpc) is 2.41. The summed E-state index contributed by atoms with van der Waals surface area (Å²) < 4.78 is 5.81. The molecule has 0 saturated carbocycles. The van der Waals surface area contributed by atoms with E-state index in [0.717, 1.165) is 16.9 Å². The Hall–Kier alpha value is -1.87. The first-order valence-electron chi connectivity index (χ1n) is 6.07. The topological polar surface area (TPSA) is 34.2 Å². The van der Waals surface area contributed by atoms with Gasteiger partial charge in [-0.3, -0.25) is 0 Å². The molecule has 0 bridgehead atoms. The van der Waals surface area contributed by atoms with Gasteiger partial charge < -0.3 is 10.1 Å². The summed E-state index contributed by atoms with van der Waals surface area (Å²) >= 11 is 0. The summed E-state index contributed by atoms with van der Waals surface area (Å²) in [5.41, 5.74) is 2.27. The lowest BCUT2D eigenvalue weighted by Crippen LogP contribution is -2.12. The molecule has 1 aromatic carbocycles. The third kappa shape index (κ3) is 2.87. The molecule has 1 aromatic heterocycles. The fourth-order valence-corrected chi connectivity index (χ4v) is 1.70. The minimum atomic E-state index is 0.284. The number of benzene rings is 1. The summed E-state index contributed by atoms with van der Waals surface area (Å²) in [5, 5.41) is 3.20. The van der Waals surface area contributed by atoms with Crippen LogP contribution >= 0.6 is 0 Å². The predicted octanol–water partition coefficient (Wildman–Crippen LogP) is 3.46. The van der Waals surface area contributed by atoms with E-state index in [2.05, 4.69) is 17.2 Å². The number of para-hydroxylation sites is 1. The molecule has 0 aliphatic carbocycles. The van der Waals surface area contributed by atoms with Crippen molar-refractivity contribution >= 4 is 0 Å². The van der Waals surface area contributed by atoms with Crippen molar-refractivity contribution in [3.63, 3.8) is 0 Å². The number of nitrogens with zero attached hydrogens (tertiary/aromatic N) is 1. The van der Waals surface area contributed by atoms with Gasteiger partial charge >= 0.3 is 0 Å². The standard InChI is InChI=1S/C15H18N2O/c1-11-6-4-5-7-14(11)18-15-10-13(8-9-17-15)12(2)16-3/h4-10,12,16H,1-3H3. The van der Waals surface area contributed by atoms with E-state index in [1.165, 1.54) is 0 Å². The zero-order valence-corrected chi connectivity index (χ0v) is 11.0. The average molecular weight is 242 g/mol. The van der Waals surface area contributed by atoms with Gasteiger partial charge in [0.25, 0.3) is 0 Å². The zero-order valence-electron chi connectivity index (χ0n) is 11.0. The second kappa shape index (κ2) is 5.65. The SMILES string of the molecule is CNC(C)c1ccnc(Oc2ccccc2C)c1. The van der Waals surface area contributed by atoms with Crippen LogP contribution in [0.2, 0.25) is 0 Å². The number of pyridine rings is 1. The van der Waals surface area contributed by atoms with Gasteiger partial charge in [0.2, 0.25) is 5.88 Å². The summed E-state index contributed by atoms with van der Waals surface area (Å²) in [6.07, 6.45) is 1.77. The van der Waals surface area contributed by atoms with E-state index in [0.29, 0.717) is 5.88 Å². The smallest absolute Gasteiger partial charge is 0.219 e. The van der Waals surface area contributed by atoms with Crippen LogP contribution in [0, 0.1) is 6.92 Å². The van der Waals surface area contributed by atoms with Crippen molar-refractivity contribution in [3.05, 3.63) is 53.7 Å². The van der Waals surface area contributed by atoms with E-state index < -0.39 is 0 Å². The Morgan fingerprint density at radius 3 is 2.72 bits per heavy atom. The molecule has 0 fully saturated rings. The largest absolute Gasteiger partial charge is 0.439 e. The highest BCUT2D eigenvalue weighted by Gasteiger charge is 2.06. The van der Waals surface area contributed by atoms with E-state index in [-0.39, 0.29) is 6.04 Å². The molecule has 18 heavy (non-hydrogen) atoms. The van der Waals surface area contributed by atoms with Crippen molar-refractivity contribution in [2.45, 2.75) is 19.9 Å². The first kappa shape index (κ1) is 12.6. The predicted molar refractivity (Wildman–Crippen MR) is 73.0 cm³/mol. The Morgan fingerprint density at radius 1 is 1.22 bits per heavy atom. The molecule has 1 N–H and O–H groups in total. The maximum Gasteiger partial charge on any atom is 0.219 e. The summed E-state index contributed by atoms with van der Waals surface area (Å²) in [7, 11) is 1.94. The van der Waals surface area contributed by atoms with Crippen LogP contribution in [0.5, 0.6) is 11.6 Å². The highest BCUT2D eigenvalue weighted by Crippen LogP contribution is 2.24. The zero-order chi connectivity index (χ0) is 13.0. The summed E-state index contributed by atoms with van der Waals surface area (Å²) in [6.45, 7) is 4.13. The fraction of sp³-hybridized carbons (Fsp3) is 0.267. The normalized spacial score (nSPS) is 12.2. The molecule has 94 valence electrons. The van der Waals surface area contributed by atoms with Crippen molar-refractivity contribution in [1.82, 2.24) is 10.3 Å². The Bertz CT molecular complexity index is 525. The Kier molecular flexibility index (Phi) is 3.95. The molecule has 0 aliphatic heterocycles. The molecular formula is C15H18N2O. The second-order valence-corrected chi connectivity index (χ2v) is 4.31. The molecular weight excluding hydrogens is 224 g/mol. The quantitative estimate of drug-likeness (QED) is 0.891. The van der Waals surface area contributed by atoms with Crippen molar-refractivity contribution < 1.29 is 4.74 Å². The number of rotatable bonds is 4. The molecule has 0 spiro atoms. The van der Waals surface area contributed by atoms with Crippen molar-refractivity contribution in [3.8, 4) is 11.6 Å². The van der Waals surface area contributed by atoms with E-state index in [4.69, 9.17) is 4.74 Å². The highest BCUT2D eigenvalue weighted by atomic mass is 16.5. The second-order valence-electron chi connectivity index (χ2n) is 4.31. The first-order chi connectivity index (χ1) is 8.70. The summed E-state index contributed by atoms with van der Waals surface area (Å²) in [6, 6.07) is 12.2. The van der Waals surface area contributed by atoms with Crippen LogP contribution in [-0.4, -0.2) is 12.0 Å². The van der Waals surface area contributed by atoms with E-state index >= 15 is 0 Å². The van der Waals surface area contributed by atoms with Crippen molar-refractivity contribution in [2.75, 3.05) is 7.05 Å². The van der Waals surface area contributed by atoms with E-state index in [1.54, 1.807) is 6.20 Å². The Labute approximate surface area is 108 Å². The molecule has 2 aromatic rings. The molecule has 3 heteroatoms. The lowest BCUT2D eigenvalue weighted by atomic mass is 10.1. The van der Waals surface area contributed by atoms with Gasteiger partial charge in [0.05, 0.1) is 0 Å². The molecule has 1 atom stereocenters. The maximum absolute atomic E-state index is 5.81. The van der Waals surface area contributed by atoms with Crippen LogP contribution in [0.25, 0.3) is 0 Å². The van der Waals surface area contributed by atoms with Crippen LogP contribution in [0.4, 0.5) is 0 Å². The molecule has 0 amide bonds. The minimum Gasteiger partial charge on any atom is -0.439 e. The van der Waals surface area contributed by atoms with E-state index in [1.807, 2.05) is 50.4 Å². The van der Waals surface area contributed by atoms with E-state index in [9.17, 15) is 0 Å². The number of aryl methyl sites for hydroxylation is 1. The van der Waals surface area contributed by atoms with Crippen LogP contribution in [0.1, 0.15) is 24.1 Å². The van der Waals surface area contributed by atoms with Crippen molar-refractivity contribution in [1.29, 1.82) is 0 Å². The third-order valence-electron chi connectivity index (χ3n) is 3.00. The van der Waals surface area contributed by atoms with Crippen molar-refractivity contribution in [2.24, 2.45) is 0 Å². The van der Waals surface area contributed by atoms with Crippen LogP contribution in [0.15, 0.2) is 42.6 Å². The summed E-state index contributed by atoms with van der Waals surface area (Å²) in [5.74, 6) is 1.48. The monoisotopic (exact) mass is 242 g/mol. The number of hydrogen-bond donors (Lipinski definition) is 1. The van der Waals surface area contributed by atoms with Gasteiger partial charge in [-0.25, -0.2) is 4.98 Å². The number of aromatic nitrogens is 1. The Morgan fingerprint density at radius 2 is 2.00 bits per heavy atom. The summed E-state index contributed by atoms with van der Waals surface area (Å²) in [4.78, 5) is 4.24. The highest BCUT2D eigenvalue weighted by molar-refractivity contribution is 5.35. The van der Waals surface area contributed by atoms with Crippen LogP contribution < -0.4 is 10.1 Å². The number of hydrogen-bond acceptors (Lipinski definition) is 3. The first-order valence-corrected chi connectivity index (χ1v) is 6.07. The van der Waals surface area contributed by atoms with Gasteiger partial charge in [0.15, 0.2) is 0 Å². The molecule has 1 unspecified atom stereocenters. The fourth-order valence-electron chi connectivity index (χ4n) is 1.70. The maximum atomic E-state index is 5.81. The lowest BCUT2D eigenvalue weighted by Gasteiger charge is -2.12. The molecule has 0 aliphatic rings.